The van der Waals surface area contributed by atoms with Crippen LogP contribution in [0.2, 0.25) is 0 Å². The number of fused-ring (bicyclic) bond motifs is 1. The van der Waals surface area contributed by atoms with Gasteiger partial charge in [0, 0.05) is 11.3 Å². The fraction of sp³-hybridized carbons (Fsp3) is 0.125. The molecule has 1 aromatic rings. The van der Waals surface area contributed by atoms with E-state index in [1.54, 1.807) is 0 Å². The Labute approximate surface area is 70.2 Å². The molecule has 0 aliphatic carbocycles. The lowest BCUT2D eigenvalue weighted by Gasteiger charge is -2.18. The van der Waals surface area contributed by atoms with Crippen LogP contribution in [0.5, 0.6) is 0 Å². The number of thiocarbonyl (C=S) groups is 1. The lowest BCUT2D eigenvalue weighted by molar-refractivity contribution is 0.294. The van der Waals surface area contributed by atoms with Crippen LogP contribution in [0.15, 0.2) is 24.3 Å². The average molecular weight is 165 g/mol. The van der Waals surface area contributed by atoms with Crippen LogP contribution in [0.25, 0.3) is 0 Å². The van der Waals surface area contributed by atoms with E-state index in [0.29, 0.717) is 11.8 Å². The number of para-hydroxylation sites is 1. The molecule has 0 bridgehead atoms. The van der Waals surface area contributed by atoms with Gasteiger partial charge in [-0.2, -0.15) is 0 Å². The number of benzene rings is 1. The molecule has 1 N–H and O–H groups in total. The summed E-state index contributed by atoms with van der Waals surface area (Å²) in [6.07, 6.45) is 0. The first-order valence-corrected chi connectivity index (χ1v) is 3.79. The molecule has 1 aliphatic heterocycles. The Morgan fingerprint density at radius 3 is 3.09 bits per heavy atom. The smallest absolute Gasteiger partial charge is 0.261 e. The highest BCUT2D eigenvalue weighted by molar-refractivity contribution is 7.80. The van der Waals surface area contributed by atoms with E-state index in [1.807, 2.05) is 24.3 Å². The predicted molar refractivity (Wildman–Crippen MR) is 47.5 cm³/mol. The molecular formula is C8H7NOS. The molecule has 1 heterocycles. The van der Waals surface area contributed by atoms with Gasteiger partial charge in [0.05, 0.1) is 0 Å². The molecule has 0 amide bonds. The summed E-state index contributed by atoms with van der Waals surface area (Å²) in [6, 6.07) is 7.96. The van der Waals surface area contributed by atoms with Gasteiger partial charge in [0.15, 0.2) is 0 Å². The zero-order chi connectivity index (χ0) is 7.68. The van der Waals surface area contributed by atoms with Crippen LogP contribution in [0, 0.1) is 0 Å². The molecule has 11 heavy (non-hydrogen) atoms. The van der Waals surface area contributed by atoms with Crippen molar-refractivity contribution in [1.29, 1.82) is 0 Å². The third-order valence-electron chi connectivity index (χ3n) is 1.61. The lowest BCUT2D eigenvalue weighted by atomic mass is 10.2. The van der Waals surface area contributed by atoms with Gasteiger partial charge in [0.25, 0.3) is 5.17 Å². The Balaban J connectivity index is 2.41. The normalized spacial score (nSPS) is 14.7. The minimum Gasteiger partial charge on any atom is -0.466 e. The highest BCUT2D eigenvalue weighted by Crippen LogP contribution is 2.20. The second-order valence-corrected chi connectivity index (χ2v) is 2.73. The monoisotopic (exact) mass is 165 g/mol. The summed E-state index contributed by atoms with van der Waals surface area (Å²) in [4.78, 5) is 0. The SMILES string of the molecule is S=C1Nc2ccccc2CO1. The van der Waals surface area contributed by atoms with Crippen molar-refractivity contribution in [3.05, 3.63) is 29.8 Å². The van der Waals surface area contributed by atoms with E-state index in [9.17, 15) is 0 Å². The summed E-state index contributed by atoms with van der Waals surface area (Å²) >= 11 is 4.85. The van der Waals surface area contributed by atoms with Gasteiger partial charge >= 0.3 is 0 Å². The molecule has 0 saturated carbocycles. The van der Waals surface area contributed by atoms with Gasteiger partial charge in [-0.25, -0.2) is 0 Å². The van der Waals surface area contributed by atoms with Crippen molar-refractivity contribution in [3.63, 3.8) is 0 Å². The summed E-state index contributed by atoms with van der Waals surface area (Å²) in [5.74, 6) is 0. The number of rotatable bonds is 0. The standard InChI is InChI=1S/C8H7NOS/c11-8-9-7-4-2-1-3-6(7)5-10-8/h1-4H,5H2,(H,9,11). The maximum absolute atomic E-state index is 5.12. The van der Waals surface area contributed by atoms with E-state index in [0.717, 1.165) is 11.3 Å². The highest BCUT2D eigenvalue weighted by atomic mass is 32.1. The Bertz CT molecular complexity index is 298. The van der Waals surface area contributed by atoms with E-state index in [1.165, 1.54) is 0 Å². The first-order valence-electron chi connectivity index (χ1n) is 3.38. The van der Waals surface area contributed by atoms with Crippen LogP contribution >= 0.6 is 12.2 Å². The number of ether oxygens (including phenoxy) is 1. The molecule has 0 atom stereocenters. The Morgan fingerprint density at radius 2 is 2.18 bits per heavy atom. The van der Waals surface area contributed by atoms with Crippen molar-refractivity contribution in [1.82, 2.24) is 0 Å². The molecule has 2 nitrogen and oxygen atoms in total. The Morgan fingerprint density at radius 1 is 1.36 bits per heavy atom. The molecule has 0 spiro atoms. The van der Waals surface area contributed by atoms with Crippen molar-refractivity contribution in [2.75, 3.05) is 5.32 Å². The van der Waals surface area contributed by atoms with Gasteiger partial charge in [-0.05, 0) is 18.3 Å². The zero-order valence-electron chi connectivity index (χ0n) is 5.83. The highest BCUT2D eigenvalue weighted by Gasteiger charge is 2.10. The number of nitrogens with one attached hydrogen (secondary N) is 1. The molecule has 0 radical (unpaired) electrons. The maximum atomic E-state index is 5.12. The first kappa shape index (κ1) is 6.61. The van der Waals surface area contributed by atoms with Crippen molar-refractivity contribution >= 4 is 23.1 Å². The molecule has 56 valence electrons. The van der Waals surface area contributed by atoms with Crippen molar-refractivity contribution in [2.24, 2.45) is 0 Å². The van der Waals surface area contributed by atoms with Gasteiger partial charge in [0.1, 0.15) is 6.61 Å². The second-order valence-electron chi connectivity index (χ2n) is 2.36. The number of hydrogen-bond acceptors (Lipinski definition) is 2. The van der Waals surface area contributed by atoms with E-state index in [-0.39, 0.29) is 0 Å². The summed E-state index contributed by atoms with van der Waals surface area (Å²) in [5, 5.41) is 3.43. The third kappa shape index (κ3) is 1.19. The second kappa shape index (κ2) is 2.51. The summed E-state index contributed by atoms with van der Waals surface area (Å²) in [5.41, 5.74) is 2.21. The van der Waals surface area contributed by atoms with Crippen molar-refractivity contribution in [2.45, 2.75) is 6.61 Å². The Hall–Kier alpha value is -1.09. The summed E-state index contributed by atoms with van der Waals surface area (Å²) < 4.78 is 5.12. The predicted octanol–water partition coefficient (Wildman–Crippen LogP) is 1.91. The molecule has 0 aromatic heterocycles. The molecular weight excluding hydrogens is 158 g/mol. The topological polar surface area (TPSA) is 21.3 Å². The minimum absolute atomic E-state index is 0.462. The van der Waals surface area contributed by atoms with Crippen LogP contribution in [-0.2, 0) is 11.3 Å². The van der Waals surface area contributed by atoms with Gasteiger partial charge in [-0.15, -0.1) is 0 Å². The average Bonchev–Trinajstić information content (AvgIpc) is 2.04. The van der Waals surface area contributed by atoms with Gasteiger partial charge < -0.3 is 10.1 Å². The van der Waals surface area contributed by atoms with Crippen LogP contribution in [0.1, 0.15) is 5.56 Å². The third-order valence-corrected chi connectivity index (χ3v) is 1.83. The summed E-state index contributed by atoms with van der Waals surface area (Å²) in [7, 11) is 0. The van der Waals surface area contributed by atoms with Crippen LogP contribution in [-0.4, -0.2) is 5.17 Å². The molecule has 0 unspecified atom stereocenters. The van der Waals surface area contributed by atoms with Gasteiger partial charge in [-0.1, -0.05) is 18.2 Å². The van der Waals surface area contributed by atoms with E-state index in [4.69, 9.17) is 17.0 Å². The molecule has 2 rings (SSSR count). The maximum Gasteiger partial charge on any atom is 0.261 e. The largest absolute Gasteiger partial charge is 0.466 e. The fourth-order valence-corrected chi connectivity index (χ4v) is 1.23. The first-order chi connectivity index (χ1) is 5.36. The van der Waals surface area contributed by atoms with Crippen molar-refractivity contribution in [3.8, 4) is 0 Å². The van der Waals surface area contributed by atoms with Crippen LogP contribution in [0.4, 0.5) is 5.69 Å². The van der Waals surface area contributed by atoms with Crippen LogP contribution in [0.3, 0.4) is 0 Å². The summed E-state index contributed by atoms with van der Waals surface area (Å²) in [6.45, 7) is 0.585. The van der Waals surface area contributed by atoms with Crippen molar-refractivity contribution < 1.29 is 4.74 Å². The molecule has 1 aliphatic rings. The number of anilines is 1. The van der Waals surface area contributed by atoms with E-state index < -0.39 is 0 Å². The molecule has 3 heteroatoms. The van der Waals surface area contributed by atoms with Gasteiger partial charge in [-0.3, -0.25) is 0 Å². The lowest BCUT2D eigenvalue weighted by Crippen LogP contribution is -2.19. The van der Waals surface area contributed by atoms with E-state index >= 15 is 0 Å². The molecule has 1 aromatic carbocycles. The zero-order valence-corrected chi connectivity index (χ0v) is 6.65. The Kier molecular flexibility index (Phi) is 1.51. The molecule has 0 fully saturated rings. The van der Waals surface area contributed by atoms with Gasteiger partial charge in [0.2, 0.25) is 0 Å². The number of hydrogen-bond donors (Lipinski definition) is 1. The quantitative estimate of drug-likeness (QED) is 0.593. The van der Waals surface area contributed by atoms with E-state index in [2.05, 4.69) is 5.32 Å². The minimum atomic E-state index is 0.462. The fourth-order valence-electron chi connectivity index (χ4n) is 1.06. The van der Waals surface area contributed by atoms with Crippen LogP contribution < -0.4 is 5.32 Å². The molecule has 0 saturated heterocycles.